The van der Waals surface area contributed by atoms with Crippen LogP contribution in [0.25, 0.3) is 5.69 Å². The zero-order chi connectivity index (χ0) is 17.7. The number of nitrogens with zero attached hydrogens (tertiary/aromatic N) is 2. The first-order chi connectivity index (χ1) is 11.4. The van der Waals surface area contributed by atoms with E-state index in [0.29, 0.717) is 13.0 Å². The van der Waals surface area contributed by atoms with E-state index in [1.165, 1.54) is 0 Å². The number of amides is 3. The SMILES string of the molecule is Cc1cc(C)n(-c2ccc(CCNC(=O)C(C)NC(N)=O)cc2)n1. The van der Waals surface area contributed by atoms with Crippen molar-refractivity contribution in [2.75, 3.05) is 6.54 Å². The summed E-state index contributed by atoms with van der Waals surface area (Å²) < 4.78 is 1.90. The van der Waals surface area contributed by atoms with Crippen LogP contribution >= 0.6 is 0 Å². The number of aromatic nitrogens is 2. The third kappa shape index (κ3) is 4.58. The maximum Gasteiger partial charge on any atom is 0.312 e. The minimum absolute atomic E-state index is 0.256. The van der Waals surface area contributed by atoms with Crippen molar-refractivity contribution in [3.05, 3.63) is 47.3 Å². The van der Waals surface area contributed by atoms with Gasteiger partial charge in [0.05, 0.1) is 11.4 Å². The summed E-state index contributed by atoms with van der Waals surface area (Å²) in [6.45, 7) is 6.06. The first-order valence-electron chi connectivity index (χ1n) is 7.83. The van der Waals surface area contributed by atoms with E-state index >= 15 is 0 Å². The average Bonchev–Trinajstić information content (AvgIpc) is 2.85. The van der Waals surface area contributed by atoms with E-state index in [4.69, 9.17) is 5.73 Å². The zero-order valence-electron chi connectivity index (χ0n) is 14.2. The Labute approximate surface area is 141 Å². The first kappa shape index (κ1) is 17.5. The van der Waals surface area contributed by atoms with Gasteiger partial charge in [0.25, 0.3) is 0 Å². The van der Waals surface area contributed by atoms with Gasteiger partial charge in [-0.15, -0.1) is 0 Å². The number of rotatable bonds is 6. The van der Waals surface area contributed by atoms with Gasteiger partial charge >= 0.3 is 6.03 Å². The van der Waals surface area contributed by atoms with Crippen LogP contribution in [0.3, 0.4) is 0 Å². The second-order valence-electron chi connectivity index (χ2n) is 5.78. The van der Waals surface area contributed by atoms with Crippen molar-refractivity contribution in [1.82, 2.24) is 20.4 Å². The normalized spacial score (nSPS) is 11.8. The van der Waals surface area contributed by atoms with Crippen LogP contribution < -0.4 is 16.4 Å². The van der Waals surface area contributed by atoms with Crippen molar-refractivity contribution in [2.45, 2.75) is 33.2 Å². The molecule has 3 amide bonds. The summed E-state index contributed by atoms with van der Waals surface area (Å²) in [5.74, 6) is -0.256. The smallest absolute Gasteiger partial charge is 0.312 e. The van der Waals surface area contributed by atoms with Crippen LogP contribution in [-0.4, -0.2) is 34.3 Å². The zero-order valence-corrected chi connectivity index (χ0v) is 14.2. The van der Waals surface area contributed by atoms with Crippen molar-refractivity contribution >= 4 is 11.9 Å². The van der Waals surface area contributed by atoms with Gasteiger partial charge in [0.15, 0.2) is 0 Å². The molecule has 0 spiro atoms. The quantitative estimate of drug-likeness (QED) is 0.742. The number of nitrogens with one attached hydrogen (secondary N) is 2. The van der Waals surface area contributed by atoms with Gasteiger partial charge in [-0.2, -0.15) is 5.10 Å². The van der Waals surface area contributed by atoms with Crippen LogP contribution in [0.5, 0.6) is 0 Å². The average molecular weight is 329 g/mol. The number of carbonyl (C=O) groups excluding carboxylic acids is 2. The Morgan fingerprint density at radius 2 is 1.92 bits per heavy atom. The van der Waals surface area contributed by atoms with Gasteiger partial charge in [-0.1, -0.05) is 12.1 Å². The molecule has 2 rings (SSSR count). The fourth-order valence-corrected chi connectivity index (χ4v) is 2.46. The Bertz CT molecular complexity index is 721. The van der Waals surface area contributed by atoms with Crippen molar-refractivity contribution < 1.29 is 9.59 Å². The number of hydrogen-bond acceptors (Lipinski definition) is 3. The van der Waals surface area contributed by atoms with Crippen molar-refractivity contribution in [3.8, 4) is 5.69 Å². The highest BCUT2D eigenvalue weighted by Crippen LogP contribution is 2.13. The van der Waals surface area contributed by atoms with E-state index in [9.17, 15) is 9.59 Å². The second-order valence-corrected chi connectivity index (χ2v) is 5.78. The monoisotopic (exact) mass is 329 g/mol. The fraction of sp³-hybridized carbons (Fsp3) is 0.353. The van der Waals surface area contributed by atoms with E-state index in [1.54, 1.807) is 6.92 Å². The van der Waals surface area contributed by atoms with E-state index < -0.39 is 12.1 Å². The number of benzene rings is 1. The van der Waals surface area contributed by atoms with Gasteiger partial charge in [0.1, 0.15) is 6.04 Å². The molecule has 0 saturated carbocycles. The minimum Gasteiger partial charge on any atom is -0.354 e. The minimum atomic E-state index is -0.711. The number of hydrogen-bond donors (Lipinski definition) is 3. The molecule has 1 unspecified atom stereocenters. The Hall–Kier alpha value is -2.83. The van der Waals surface area contributed by atoms with Crippen LogP contribution in [0.4, 0.5) is 4.79 Å². The molecule has 0 saturated heterocycles. The highest BCUT2D eigenvalue weighted by Gasteiger charge is 2.13. The molecular formula is C17H23N5O2. The topological polar surface area (TPSA) is 102 Å². The third-order valence-electron chi connectivity index (χ3n) is 3.66. The summed E-state index contributed by atoms with van der Waals surface area (Å²) in [4.78, 5) is 22.5. The summed E-state index contributed by atoms with van der Waals surface area (Å²) in [5, 5.41) is 9.56. The van der Waals surface area contributed by atoms with E-state index in [1.807, 2.05) is 48.9 Å². The standard InChI is InChI=1S/C17H23N5O2/c1-11-10-12(2)22(21-11)15-6-4-14(5-7-15)8-9-19-16(23)13(3)20-17(18)24/h4-7,10,13H,8-9H2,1-3H3,(H,19,23)(H3,18,20,24). The number of carbonyl (C=O) groups is 2. The first-order valence-corrected chi connectivity index (χ1v) is 7.83. The largest absolute Gasteiger partial charge is 0.354 e. The van der Waals surface area contributed by atoms with Crippen molar-refractivity contribution in [3.63, 3.8) is 0 Å². The number of aryl methyl sites for hydroxylation is 2. The lowest BCUT2D eigenvalue weighted by Crippen LogP contribution is -2.47. The molecule has 1 aromatic carbocycles. The summed E-state index contributed by atoms with van der Waals surface area (Å²) in [6.07, 6.45) is 0.701. The molecule has 0 bridgehead atoms. The Morgan fingerprint density at radius 3 is 2.46 bits per heavy atom. The predicted octanol–water partition coefficient (Wildman–Crippen LogP) is 1.20. The van der Waals surface area contributed by atoms with Gasteiger partial charge in [0.2, 0.25) is 5.91 Å². The molecule has 0 fully saturated rings. The van der Waals surface area contributed by atoms with Crippen LogP contribution in [0.15, 0.2) is 30.3 Å². The lowest BCUT2D eigenvalue weighted by Gasteiger charge is -2.12. The second kappa shape index (κ2) is 7.63. The van der Waals surface area contributed by atoms with Gasteiger partial charge in [-0.25, -0.2) is 9.48 Å². The maximum absolute atomic E-state index is 11.8. The number of nitrogens with two attached hydrogens (primary N) is 1. The molecule has 2 aromatic rings. The molecule has 0 aliphatic carbocycles. The summed E-state index contributed by atoms with van der Waals surface area (Å²) >= 11 is 0. The van der Waals surface area contributed by atoms with Crippen LogP contribution in [0.1, 0.15) is 23.9 Å². The van der Waals surface area contributed by atoms with E-state index in [-0.39, 0.29) is 5.91 Å². The molecule has 0 radical (unpaired) electrons. The molecule has 7 nitrogen and oxygen atoms in total. The lowest BCUT2D eigenvalue weighted by molar-refractivity contribution is -0.122. The van der Waals surface area contributed by atoms with Crippen molar-refractivity contribution in [2.24, 2.45) is 5.73 Å². The predicted molar refractivity (Wildman–Crippen MR) is 91.9 cm³/mol. The van der Waals surface area contributed by atoms with Crippen LogP contribution in [0, 0.1) is 13.8 Å². The summed E-state index contributed by atoms with van der Waals surface area (Å²) in [6, 6.07) is 8.73. The summed E-state index contributed by atoms with van der Waals surface area (Å²) in [7, 11) is 0. The van der Waals surface area contributed by atoms with Gasteiger partial charge in [-0.3, -0.25) is 4.79 Å². The summed E-state index contributed by atoms with van der Waals surface area (Å²) in [5.41, 5.74) is 9.17. The van der Waals surface area contributed by atoms with E-state index in [0.717, 1.165) is 22.6 Å². The van der Waals surface area contributed by atoms with E-state index in [2.05, 4.69) is 15.7 Å². The highest BCUT2D eigenvalue weighted by molar-refractivity contribution is 5.86. The Balaban J connectivity index is 1.87. The van der Waals surface area contributed by atoms with Crippen LogP contribution in [-0.2, 0) is 11.2 Å². The molecule has 7 heteroatoms. The Morgan fingerprint density at radius 1 is 1.25 bits per heavy atom. The van der Waals surface area contributed by atoms with Gasteiger partial charge < -0.3 is 16.4 Å². The Kier molecular flexibility index (Phi) is 5.57. The fourth-order valence-electron chi connectivity index (χ4n) is 2.46. The van der Waals surface area contributed by atoms with Crippen molar-refractivity contribution in [1.29, 1.82) is 0 Å². The molecule has 1 aromatic heterocycles. The third-order valence-corrected chi connectivity index (χ3v) is 3.66. The molecule has 1 atom stereocenters. The molecule has 0 aliphatic rings. The van der Waals surface area contributed by atoms with Crippen LogP contribution in [0.2, 0.25) is 0 Å². The molecular weight excluding hydrogens is 306 g/mol. The molecule has 128 valence electrons. The molecule has 24 heavy (non-hydrogen) atoms. The van der Waals surface area contributed by atoms with Gasteiger partial charge in [-0.05, 0) is 51.0 Å². The molecule has 0 aliphatic heterocycles. The highest BCUT2D eigenvalue weighted by atomic mass is 16.2. The number of primary amides is 1. The lowest BCUT2D eigenvalue weighted by atomic mass is 10.1. The molecule has 4 N–H and O–H groups in total. The van der Waals surface area contributed by atoms with Gasteiger partial charge in [0, 0.05) is 12.2 Å². The number of urea groups is 1. The maximum atomic E-state index is 11.8. The molecule has 1 heterocycles.